The zero-order valence-electron chi connectivity index (χ0n) is 7.19. The van der Waals surface area contributed by atoms with E-state index in [2.05, 4.69) is 27.8 Å². The molecule has 0 aromatic heterocycles. The molecule has 1 aromatic rings. The minimum absolute atomic E-state index is 0.238. The van der Waals surface area contributed by atoms with Crippen molar-refractivity contribution >= 4 is 21.6 Å². The lowest BCUT2D eigenvalue weighted by Crippen LogP contribution is -2.02. The van der Waals surface area contributed by atoms with E-state index in [0.717, 1.165) is 10.9 Å². The Bertz CT molecular complexity index is 279. The van der Waals surface area contributed by atoms with E-state index in [0.29, 0.717) is 12.2 Å². The highest BCUT2D eigenvalue weighted by Crippen LogP contribution is 2.24. The molecule has 0 atom stereocenters. The van der Waals surface area contributed by atoms with Gasteiger partial charge in [-0.25, -0.2) is 4.39 Å². The van der Waals surface area contributed by atoms with Gasteiger partial charge in [-0.3, -0.25) is 0 Å². The van der Waals surface area contributed by atoms with Crippen molar-refractivity contribution in [2.75, 3.05) is 11.9 Å². The Kier molecular flexibility index (Phi) is 3.96. The lowest BCUT2D eigenvalue weighted by molar-refractivity contribution is 0.629. The van der Waals surface area contributed by atoms with Crippen LogP contribution in [-0.2, 0) is 0 Å². The zero-order chi connectivity index (χ0) is 9.68. The summed E-state index contributed by atoms with van der Waals surface area (Å²) in [5.41, 5.74) is 0.518. The second kappa shape index (κ2) is 5.02. The monoisotopic (exact) mass is 243 g/mol. The largest absolute Gasteiger partial charge is 0.381 e. The Morgan fingerprint density at radius 1 is 1.54 bits per heavy atom. The molecule has 0 saturated carbocycles. The molecule has 0 radical (unpaired) electrons. The third-order valence-corrected chi connectivity index (χ3v) is 2.27. The average molecular weight is 244 g/mol. The quantitative estimate of drug-likeness (QED) is 0.630. The summed E-state index contributed by atoms with van der Waals surface area (Å²) in [6, 6.07) is 4.90. The normalized spacial score (nSPS) is 9.69. The van der Waals surface area contributed by atoms with Crippen LogP contribution in [0.25, 0.3) is 0 Å². The van der Waals surface area contributed by atoms with Crippen molar-refractivity contribution in [3.05, 3.63) is 41.1 Å². The molecule has 0 spiro atoms. The number of benzene rings is 1. The number of halogens is 2. The van der Waals surface area contributed by atoms with Gasteiger partial charge in [0.2, 0.25) is 0 Å². The Morgan fingerprint density at radius 3 is 2.92 bits per heavy atom. The molecule has 1 N–H and O–H groups in total. The standard InChI is InChI=1S/C10H11BrFN/c1-2-3-7-13-10-8(11)5-4-6-9(10)12/h2,4-6,13H,1,3,7H2. The van der Waals surface area contributed by atoms with Crippen molar-refractivity contribution in [1.82, 2.24) is 0 Å². The van der Waals surface area contributed by atoms with E-state index >= 15 is 0 Å². The average Bonchev–Trinajstić information content (AvgIpc) is 2.10. The molecule has 70 valence electrons. The van der Waals surface area contributed by atoms with Gasteiger partial charge in [0.25, 0.3) is 0 Å². The summed E-state index contributed by atoms with van der Waals surface area (Å²) in [6.45, 7) is 4.29. The number of rotatable bonds is 4. The molecule has 1 aromatic carbocycles. The molecule has 0 heterocycles. The van der Waals surface area contributed by atoms with Crippen molar-refractivity contribution in [3.8, 4) is 0 Å². The fraction of sp³-hybridized carbons (Fsp3) is 0.200. The Morgan fingerprint density at radius 2 is 2.31 bits per heavy atom. The number of nitrogens with one attached hydrogen (secondary N) is 1. The summed E-state index contributed by atoms with van der Waals surface area (Å²) in [6.07, 6.45) is 2.61. The van der Waals surface area contributed by atoms with Crippen LogP contribution >= 0.6 is 15.9 Å². The lowest BCUT2D eigenvalue weighted by Gasteiger charge is -2.07. The van der Waals surface area contributed by atoms with Gasteiger partial charge in [0.1, 0.15) is 5.82 Å². The Balaban J connectivity index is 2.69. The van der Waals surface area contributed by atoms with Crippen LogP contribution in [0.1, 0.15) is 6.42 Å². The fourth-order valence-corrected chi connectivity index (χ4v) is 1.45. The molecular formula is C10H11BrFN. The molecule has 3 heteroatoms. The number of para-hydroxylation sites is 1. The van der Waals surface area contributed by atoms with Crippen molar-refractivity contribution in [1.29, 1.82) is 0 Å². The number of hydrogen-bond acceptors (Lipinski definition) is 1. The second-order valence-electron chi connectivity index (χ2n) is 2.60. The molecule has 13 heavy (non-hydrogen) atoms. The zero-order valence-corrected chi connectivity index (χ0v) is 8.77. The number of hydrogen-bond donors (Lipinski definition) is 1. The van der Waals surface area contributed by atoms with E-state index in [4.69, 9.17) is 0 Å². The van der Waals surface area contributed by atoms with Crippen LogP contribution in [0.2, 0.25) is 0 Å². The first kappa shape index (κ1) is 10.3. The summed E-state index contributed by atoms with van der Waals surface area (Å²) in [7, 11) is 0. The maximum Gasteiger partial charge on any atom is 0.147 e. The van der Waals surface area contributed by atoms with Gasteiger partial charge in [-0.05, 0) is 34.5 Å². The molecule has 0 aliphatic heterocycles. The first-order chi connectivity index (χ1) is 6.25. The van der Waals surface area contributed by atoms with Gasteiger partial charge in [-0.1, -0.05) is 12.1 Å². The highest BCUT2D eigenvalue weighted by atomic mass is 79.9. The van der Waals surface area contributed by atoms with E-state index in [9.17, 15) is 4.39 Å². The van der Waals surface area contributed by atoms with Gasteiger partial charge in [0.05, 0.1) is 5.69 Å². The molecule has 1 rings (SSSR count). The summed E-state index contributed by atoms with van der Waals surface area (Å²) in [4.78, 5) is 0. The molecule has 0 aliphatic rings. The summed E-state index contributed by atoms with van der Waals surface area (Å²) in [5.74, 6) is -0.238. The van der Waals surface area contributed by atoms with E-state index in [1.54, 1.807) is 18.2 Å². The molecule has 0 bridgehead atoms. The van der Waals surface area contributed by atoms with E-state index < -0.39 is 0 Å². The van der Waals surface area contributed by atoms with Gasteiger partial charge in [-0.15, -0.1) is 6.58 Å². The van der Waals surface area contributed by atoms with Gasteiger partial charge in [0, 0.05) is 11.0 Å². The van der Waals surface area contributed by atoms with Gasteiger partial charge >= 0.3 is 0 Å². The van der Waals surface area contributed by atoms with Crippen molar-refractivity contribution in [2.45, 2.75) is 6.42 Å². The summed E-state index contributed by atoms with van der Waals surface area (Å²) < 4.78 is 13.9. The van der Waals surface area contributed by atoms with Gasteiger partial charge in [-0.2, -0.15) is 0 Å². The van der Waals surface area contributed by atoms with Crippen LogP contribution < -0.4 is 5.32 Å². The first-order valence-electron chi connectivity index (χ1n) is 4.04. The van der Waals surface area contributed by atoms with Crippen LogP contribution in [0.4, 0.5) is 10.1 Å². The maximum atomic E-state index is 13.2. The first-order valence-corrected chi connectivity index (χ1v) is 4.84. The smallest absolute Gasteiger partial charge is 0.147 e. The predicted octanol–water partition coefficient (Wildman–Crippen LogP) is 3.58. The molecule has 1 nitrogen and oxygen atoms in total. The Hall–Kier alpha value is -0.830. The van der Waals surface area contributed by atoms with E-state index in [-0.39, 0.29) is 5.82 Å². The molecule has 0 unspecified atom stereocenters. The van der Waals surface area contributed by atoms with Crippen LogP contribution in [0.15, 0.2) is 35.3 Å². The SMILES string of the molecule is C=CCCNc1c(F)cccc1Br. The highest BCUT2D eigenvalue weighted by molar-refractivity contribution is 9.10. The van der Waals surface area contributed by atoms with Crippen molar-refractivity contribution in [2.24, 2.45) is 0 Å². The molecule has 0 fully saturated rings. The third-order valence-electron chi connectivity index (χ3n) is 1.61. The second-order valence-corrected chi connectivity index (χ2v) is 3.46. The van der Waals surface area contributed by atoms with Gasteiger partial charge in [0.15, 0.2) is 0 Å². The van der Waals surface area contributed by atoms with Crippen LogP contribution in [0, 0.1) is 5.82 Å². The minimum atomic E-state index is -0.238. The Labute approximate surface area is 85.8 Å². The molecular weight excluding hydrogens is 233 g/mol. The minimum Gasteiger partial charge on any atom is -0.381 e. The summed E-state index contributed by atoms with van der Waals surface area (Å²) >= 11 is 3.27. The van der Waals surface area contributed by atoms with E-state index in [1.165, 1.54) is 6.07 Å². The molecule has 0 saturated heterocycles. The fourth-order valence-electron chi connectivity index (χ4n) is 0.966. The maximum absolute atomic E-state index is 13.2. The summed E-state index contributed by atoms with van der Waals surface area (Å²) in [5, 5.41) is 2.99. The molecule has 0 aliphatic carbocycles. The van der Waals surface area contributed by atoms with Crippen molar-refractivity contribution < 1.29 is 4.39 Å². The topological polar surface area (TPSA) is 12.0 Å². The van der Waals surface area contributed by atoms with Gasteiger partial charge < -0.3 is 5.32 Å². The predicted molar refractivity (Wildman–Crippen MR) is 57.4 cm³/mol. The van der Waals surface area contributed by atoms with Crippen molar-refractivity contribution in [3.63, 3.8) is 0 Å². The number of anilines is 1. The van der Waals surface area contributed by atoms with Crippen LogP contribution in [0.3, 0.4) is 0 Å². The van der Waals surface area contributed by atoms with Crippen LogP contribution in [0.5, 0.6) is 0 Å². The van der Waals surface area contributed by atoms with E-state index in [1.807, 2.05) is 0 Å². The molecule has 0 amide bonds. The highest BCUT2D eigenvalue weighted by Gasteiger charge is 2.03. The third kappa shape index (κ3) is 2.84. The lowest BCUT2D eigenvalue weighted by atomic mass is 10.3. The van der Waals surface area contributed by atoms with Crippen LogP contribution in [-0.4, -0.2) is 6.54 Å².